The summed E-state index contributed by atoms with van der Waals surface area (Å²) in [4.78, 5) is 3.98. The van der Waals surface area contributed by atoms with E-state index in [0.717, 1.165) is 12.1 Å². The molecule has 1 heterocycles. The fourth-order valence-electron chi connectivity index (χ4n) is 1.59. The highest BCUT2D eigenvalue weighted by Crippen LogP contribution is 2.25. The number of nitrogens with zero attached hydrogens (tertiary/aromatic N) is 1. The summed E-state index contributed by atoms with van der Waals surface area (Å²) in [7, 11) is 0. The zero-order chi connectivity index (χ0) is 14.0. The molecule has 3 N–H and O–H groups in total. The summed E-state index contributed by atoms with van der Waals surface area (Å²) in [5, 5.41) is 2.68. The second-order valence-electron chi connectivity index (χ2n) is 3.94. The van der Waals surface area contributed by atoms with Gasteiger partial charge >= 0.3 is 0 Å². The minimum atomic E-state index is -0.758. The van der Waals surface area contributed by atoms with Gasteiger partial charge in [-0.2, -0.15) is 0 Å². The van der Waals surface area contributed by atoms with Crippen LogP contribution in [0.5, 0.6) is 0 Å². The van der Waals surface area contributed by atoms with Crippen LogP contribution in [0.25, 0.3) is 0 Å². The monoisotopic (exact) mass is 279 g/mol. The maximum Gasteiger partial charge on any atom is 0.150 e. The molecule has 0 spiro atoms. The average Bonchev–Trinajstić information content (AvgIpc) is 2.35. The van der Waals surface area contributed by atoms with E-state index in [-0.39, 0.29) is 16.2 Å². The number of nitrogens with one attached hydrogen (secondary N) is 1. The number of benzene rings is 1. The van der Waals surface area contributed by atoms with Crippen LogP contribution in [0.15, 0.2) is 30.5 Å². The number of nitrogens with two attached hydrogens (primary N) is 1. The molecule has 0 fully saturated rings. The number of rotatable bonds is 3. The van der Waals surface area contributed by atoms with Crippen molar-refractivity contribution in [2.24, 2.45) is 5.73 Å². The van der Waals surface area contributed by atoms with Gasteiger partial charge in [0.25, 0.3) is 0 Å². The number of pyridine rings is 1. The van der Waals surface area contributed by atoms with E-state index in [0.29, 0.717) is 11.4 Å². The maximum atomic E-state index is 13.9. The van der Waals surface area contributed by atoms with Crippen molar-refractivity contribution in [1.29, 1.82) is 0 Å². The number of anilines is 2. The Morgan fingerprint density at radius 1 is 1.32 bits per heavy atom. The molecule has 0 unspecified atom stereocenters. The van der Waals surface area contributed by atoms with Crippen LogP contribution in [0.4, 0.5) is 20.2 Å². The Morgan fingerprint density at radius 3 is 2.47 bits per heavy atom. The van der Waals surface area contributed by atoms with E-state index in [9.17, 15) is 8.78 Å². The number of thiocarbonyl (C=S) groups is 1. The third-order valence-corrected chi connectivity index (χ3v) is 2.83. The fourth-order valence-corrected chi connectivity index (χ4v) is 1.70. The lowest BCUT2D eigenvalue weighted by Crippen LogP contribution is -2.11. The zero-order valence-corrected chi connectivity index (χ0v) is 10.9. The largest absolute Gasteiger partial charge is 0.389 e. The van der Waals surface area contributed by atoms with E-state index in [1.807, 2.05) is 0 Å². The Balaban J connectivity index is 2.42. The van der Waals surface area contributed by atoms with E-state index < -0.39 is 11.6 Å². The lowest BCUT2D eigenvalue weighted by molar-refractivity contribution is 0.590. The van der Waals surface area contributed by atoms with Crippen LogP contribution in [-0.4, -0.2) is 9.97 Å². The van der Waals surface area contributed by atoms with Gasteiger partial charge in [-0.05, 0) is 31.2 Å². The van der Waals surface area contributed by atoms with Gasteiger partial charge in [-0.15, -0.1) is 0 Å². The number of aromatic nitrogens is 1. The molecule has 6 heteroatoms. The molecule has 3 nitrogen and oxygen atoms in total. The van der Waals surface area contributed by atoms with Crippen molar-refractivity contribution in [3.8, 4) is 0 Å². The molecular weight excluding hydrogens is 268 g/mol. The van der Waals surface area contributed by atoms with Gasteiger partial charge in [-0.3, -0.25) is 4.98 Å². The second-order valence-corrected chi connectivity index (χ2v) is 4.38. The Labute approximate surface area is 114 Å². The molecule has 1 aromatic heterocycles. The molecule has 2 aromatic rings. The Morgan fingerprint density at radius 2 is 1.95 bits per heavy atom. The molecule has 0 bridgehead atoms. The number of hydrogen-bond acceptors (Lipinski definition) is 3. The molecule has 0 atom stereocenters. The van der Waals surface area contributed by atoms with Crippen molar-refractivity contribution in [1.82, 2.24) is 4.98 Å². The van der Waals surface area contributed by atoms with E-state index in [2.05, 4.69) is 22.5 Å². The first-order valence-electron chi connectivity index (χ1n) is 5.46. The summed E-state index contributed by atoms with van der Waals surface area (Å²) in [6.07, 6.45) is 1.60. The predicted octanol–water partition coefficient (Wildman–Crippen LogP) is 3.05. The molecule has 19 heavy (non-hydrogen) atoms. The van der Waals surface area contributed by atoms with Gasteiger partial charge in [0.05, 0.1) is 11.4 Å². The molecule has 1 aromatic carbocycles. The van der Waals surface area contributed by atoms with E-state index >= 15 is 0 Å². The lowest BCUT2D eigenvalue weighted by Gasteiger charge is -2.11. The third-order valence-electron chi connectivity index (χ3n) is 2.59. The van der Waals surface area contributed by atoms with Crippen LogP contribution >= 0.6 is 12.2 Å². The molecule has 0 saturated carbocycles. The summed E-state index contributed by atoms with van der Waals surface area (Å²) in [6, 6.07) is 5.55. The summed E-state index contributed by atoms with van der Waals surface area (Å²) in [5.41, 5.74) is 6.41. The standard InChI is InChI=1S/C13H11F2N3S/c1-7-11(3-2-4-17-7)18-12-9(14)5-8(13(16)19)6-10(12)15/h2-6,18H,1H3,(H2,16,19). The van der Waals surface area contributed by atoms with E-state index in [1.165, 1.54) is 0 Å². The van der Waals surface area contributed by atoms with Crippen LogP contribution in [0.3, 0.4) is 0 Å². The van der Waals surface area contributed by atoms with Gasteiger partial charge in [0.1, 0.15) is 22.3 Å². The first-order valence-corrected chi connectivity index (χ1v) is 5.87. The molecule has 0 aliphatic heterocycles. The van der Waals surface area contributed by atoms with E-state index in [1.54, 1.807) is 25.3 Å². The van der Waals surface area contributed by atoms with Crippen molar-refractivity contribution in [2.75, 3.05) is 5.32 Å². The average molecular weight is 279 g/mol. The van der Waals surface area contributed by atoms with Crippen molar-refractivity contribution in [3.63, 3.8) is 0 Å². The van der Waals surface area contributed by atoms with Crippen molar-refractivity contribution in [3.05, 3.63) is 53.4 Å². The maximum absolute atomic E-state index is 13.9. The van der Waals surface area contributed by atoms with Crippen LogP contribution in [-0.2, 0) is 0 Å². The SMILES string of the molecule is Cc1ncccc1Nc1c(F)cc(C(N)=S)cc1F. The fraction of sp³-hybridized carbons (Fsp3) is 0.0769. The minimum Gasteiger partial charge on any atom is -0.389 e. The highest BCUT2D eigenvalue weighted by Gasteiger charge is 2.13. The lowest BCUT2D eigenvalue weighted by atomic mass is 10.1. The Bertz CT molecular complexity index is 621. The molecule has 0 aliphatic rings. The highest BCUT2D eigenvalue weighted by molar-refractivity contribution is 7.80. The summed E-state index contributed by atoms with van der Waals surface area (Å²) >= 11 is 4.69. The normalized spacial score (nSPS) is 10.3. The summed E-state index contributed by atoms with van der Waals surface area (Å²) < 4.78 is 27.7. The molecule has 2 rings (SSSR count). The van der Waals surface area contributed by atoms with Crippen LogP contribution in [0.2, 0.25) is 0 Å². The van der Waals surface area contributed by atoms with Gasteiger partial charge in [0.15, 0.2) is 0 Å². The number of halogens is 2. The van der Waals surface area contributed by atoms with Crippen LogP contribution in [0.1, 0.15) is 11.3 Å². The molecule has 98 valence electrons. The number of aryl methyl sites for hydroxylation is 1. The predicted molar refractivity (Wildman–Crippen MR) is 74.5 cm³/mol. The number of hydrogen-bond donors (Lipinski definition) is 2. The molecule has 0 aliphatic carbocycles. The second kappa shape index (κ2) is 5.27. The van der Waals surface area contributed by atoms with Gasteiger partial charge < -0.3 is 11.1 Å². The molecule has 0 saturated heterocycles. The van der Waals surface area contributed by atoms with Gasteiger partial charge in [0, 0.05) is 11.8 Å². The van der Waals surface area contributed by atoms with Gasteiger partial charge in [-0.1, -0.05) is 12.2 Å². The topological polar surface area (TPSA) is 50.9 Å². The quantitative estimate of drug-likeness (QED) is 0.848. The van der Waals surface area contributed by atoms with Crippen LogP contribution < -0.4 is 11.1 Å². The van der Waals surface area contributed by atoms with Gasteiger partial charge in [-0.25, -0.2) is 8.78 Å². The van der Waals surface area contributed by atoms with Gasteiger partial charge in [0.2, 0.25) is 0 Å². The Kier molecular flexibility index (Phi) is 3.71. The summed E-state index contributed by atoms with van der Waals surface area (Å²) in [5.74, 6) is -1.52. The van der Waals surface area contributed by atoms with Crippen molar-refractivity contribution >= 4 is 28.6 Å². The highest BCUT2D eigenvalue weighted by atomic mass is 32.1. The van der Waals surface area contributed by atoms with E-state index in [4.69, 9.17) is 5.73 Å². The Hall–Kier alpha value is -2.08. The first kappa shape index (κ1) is 13.4. The van der Waals surface area contributed by atoms with Crippen molar-refractivity contribution < 1.29 is 8.78 Å². The summed E-state index contributed by atoms with van der Waals surface area (Å²) in [6.45, 7) is 1.74. The minimum absolute atomic E-state index is 0.0538. The molecule has 0 radical (unpaired) electrons. The molecular formula is C13H11F2N3S. The van der Waals surface area contributed by atoms with Crippen molar-refractivity contribution in [2.45, 2.75) is 6.92 Å². The third kappa shape index (κ3) is 2.85. The zero-order valence-electron chi connectivity index (χ0n) is 10.1. The smallest absolute Gasteiger partial charge is 0.150 e. The van der Waals surface area contributed by atoms with Crippen LogP contribution in [0, 0.1) is 18.6 Å². The first-order chi connectivity index (χ1) is 8.99. The molecule has 0 amide bonds.